The molecule has 0 radical (unpaired) electrons. The highest BCUT2D eigenvalue weighted by molar-refractivity contribution is 5.97. The van der Waals surface area contributed by atoms with Crippen molar-refractivity contribution in [2.75, 3.05) is 6.61 Å². The molecule has 7 rings (SSSR count). The molecule has 0 spiro atoms. The molecule has 13 nitrogen and oxygen atoms in total. The van der Waals surface area contributed by atoms with Crippen molar-refractivity contribution in [1.82, 2.24) is 41.0 Å². The van der Waals surface area contributed by atoms with Crippen LogP contribution in [-0.2, 0) is 40.2 Å². The Labute approximate surface area is 309 Å². The second-order valence-electron chi connectivity index (χ2n) is 14.5. The number of carbonyl (C=O) groups is 4. The lowest BCUT2D eigenvalue weighted by Gasteiger charge is -2.25. The van der Waals surface area contributed by atoms with E-state index < -0.39 is 35.8 Å². The molecular weight excluding hydrogens is 672 g/mol. The predicted molar refractivity (Wildman–Crippen MR) is 198 cm³/mol. The van der Waals surface area contributed by atoms with Crippen LogP contribution >= 0.6 is 0 Å². The largest absolute Gasteiger partial charge is 0.491 e. The van der Waals surface area contributed by atoms with Gasteiger partial charge in [-0.15, -0.1) is 0 Å². The summed E-state index contributed by atoms with van der Waals surface area (Å²) >= 11 is 0. The molecule has 1 aliphatic carbocycles. The Morgan fingerprint density at radius 1 is 0.925 bits per heavy atom. The number of carbonyl (C=O) groups excluding carboxylic acids is 4. The van der Waals surface area contributed by atoms with E-state index in [1.807, 2.05) is 42.5 Å². The van der Waals surface area contributed by atoms with Gasteiger partial charge in [0.15, 0.2) is 11.6 Å². The van der Waals surface area contributed by atoms with E-state index in [1.165, 1.54) is 6.20 Å². The Morgan fingerprint density at radius 3 is 2.38 bits per heavy atom. The number of nitrogens with zero attached hydrogens (tertiary/aromatic N) is 4. The molecule has 2 aromatic carbocycles. The Balaban J connectivity index is 1.33. The van der Waals surface area contributed by atoms with Gasteiger partial charge in [-0.2, -0.15) is 5.10 Å². The zero-order valence-corrected chi connectivity index (χ0v) is 30.5. The van der Waals surface area contributed by atoms with Gasteiger partial charge in [0.05, 0.1) is 12.1 Å². The molecular formula is C40H48N8O5. The predicted octanol–water partition coefficient (Wildman–Crippen LogP) is 3.49. The first kappa shape index (κ1) is 37.2. The fraction of sp³-hybridized carbons (Fsp3) is 0.425. The molecule has 1 fully saturated rings. The Morgan fingerprint density at radius 2 is 1.68 bits per heavy atom. The molecule has 4 amide bonds. The average molecular weight is 721 g/mol. The number of nitrogens with one attached hydrogen (secondary N) is 4. The summed E-state index contributed by atoms with van der Waals surface area (Å²) in [5.74, 6) is 0.732. The van der Waals surface area contributed by atoms with Crippen molar-refractivity contribution in [1.29, 1.82) is 0 Å². The summed E-state index contributed by atoms with van der Waals surface area (Å²) in [6, 6.07) is 18.9. The van der Waals surface area contributed by atoms with Gasteiger partial charge >= 0.3 is 0 Å². The van der Waals surface area contributed by atoms with Crippen LogP contribution in [0.1, 0.15) is 79.3 Å². The molecule has 0 unspecified atom stereocenters. The van der Waals surface area contributed by atoms with Crippen LogP contribution in [0.25, 0.3) is 0 Å². The maximum atomic E-state index is 13.9. The van der Waals surface area contributed by atoms with E-state index >= 15 is 0 Å². The average Bonchev–Trinajstić information content (AvgIpc) is 3.88. The van der Waals surface area contributed by atoms with Gasteiger partial charge in [-0.05, 0) is 79.8 Å². The maximum absolute atomic E-state index is 13.9. The highest BCUT2D eigenvalue weighted by atomic mass is 16.5. The van der Waals surface area contributed by atoms with Crippen molar-refractivity contribution in [2.45, 2.75) is 90.0 Å². The molecule has 1 saturated carbocycles. The summed E-state index contributed by atoms with van der Waals surface area (Å²) in [4.78, 5) is 63.7. The fourth-order valence-corrected chi connectivity index (χ4v) is 6.42. The molecule has 4 aromatic rings. The van der Waals surface area contributed by atoms with Gasteiger partial charge in [-0.3, -0.25) is 24.2 Å². The number of pyridine rings is 1. The molecule has 2 aromatic heterocycles. The maximum Gasteiger partial charge on any atom is 0.270 e. The summed E-state index contributed by atoms with van der Waals surface area (Å²) in [7, 11) is 0. The van der Waals surface area contributed by atoms with Crippen LogP contribution in [0.2, 0.25) is 0 Å². The minimum Gasteiger partial charge on any atom is -0.491 e. The lowest BCUT2D eigenvalue weighted by molar-refractivity contribution is -0.130. The van der Waals surface area contributed by atoms with Crippen molar-refractivity contribution in [3.8, 4) is 5.75 Å². The van der Waals surface area contributed by atoms with Crippen molar-refractivity contribution >= 4 is 23.6 Å². The zero-order valence-electron chi connectivity index (χ0n) is 30.5. The van der Waals surface area contributed by atoms with Crippen LogP contribution in [0.4, 0.5) is 0 Å². The lowest BCUT2D eigenvalue weighted by Crippen LogP contribution is -2.54. The number of amides is 4. The first-order valence-electron chi connectivity index (χ1n) is 18.4. The Bertz CT molecular complexity index is 1860. The van der Waals surface area contributed by atoms with Crippen molar-refractivity contribution in [2.24, 2.45) is 11.8 Å². The van der Waals surface area contributed by atoms with Gasteiger partial charge in [-0.1, -0.05) is 62.4 Å². The normalized spacial score (nSPS) is 21.5. The number of rotatable bonds is 8. The van der Waals surface area contributed by atoms with Gasteiger partial charge < -0.3 is 26.0 Å². The summed E-state index contributed by atoms with van der Waals surface area (Å²) < 4.78 is 7.75. The second-order valence-corrected chi connectivity index (χ2v) is 14.5. The minimum absolute atomic E-state index is 0.0958. The third kappa shape index (κ3) is 10.7. The summed E-state index contributed by atoms with van der Waals surface area (Å²) in [5.41, 5.74) is 1.88. The van der Waals surface area contributed by atoms with Crippen LogP contribution < -0.4 is 26.0 Å². The Kier molecular flexibility index (Phi) is 12.1. The number of hydrogen-bond acceptors (Lipinski definition) is 8. The van der Waals surface area contributed by atoms with Crippen LogP contribution in [0.5, 0.6) is 5.75 Å². The van der Waals surface area contributed by atoms with Gasteiger partial charge in [0.25, 0.3) is 5.91 Å². The standard InChI is InChI=1S/C40H48N8O5/c1-25(2)19-30-24-53-31-16-14-28(15-17-31)21-34(45-39(51)32-11-7-8-18-41-32)40(52)42-26(3)38(50)44-33(20-27-9-5-4-6-10-27)37-46-35(22-29-12-13-29)47-48(37)23-36(49)43-30/h4-11,14-18,25-26,29-30,33-34H,12-13,19-24H2,1-3H3,(H,42,52)(H,43,49)(H,44,50)(H,45,51)/t26-,30+,33-,34+/m1/s1. The van der Waals surface area contributed by atoms with E-state index in [0.29, 0.717) is 48.5 Å². The van der Waals surface area contributed by atoms with E-state index in [9.17, 15) is 19.2 Å². The first-order chi connectivity index (χ1) is 25.6. The van der Waals surface area contributed by atoms with Crippen molar-refractivity contribution < 1.29 is 23.9 Å². The van der Waals surface area contributed by atoms with E-state index in [1.54, 1.807) is 41.9 Å². The summed E-state index contributed by atoms with van der Waals surface area (Å²) in [6.07, 6.45) is 5.62. The third-order valence-corrected chi connectivity index (χ3v) is 9.32. The van der Waals surface area contributed by atoms with E-state index in [0.717, 1.165) is 24.0 Å². The summed E-state index contributed by atoms with van der Waals surface area (Å²) in [6.45, 7) is 5.93. The third-order valence-electron chi connectivity index (χ3n) is 9.32. The smallest absolute Gasteiger partial charge is 0.270 e. The zero-order chi connectivity index (χ0) is 37.3. The molecule has 3 aliphatic rings. The number of fused-ring (bicyclic) bond motifs is 14. The van der Waals surface area contributed by atoms with Crippen molar-refractivity contribution in [3.63, 3.8) is 0 Å². The van der Waals surface area contributed by atoms with Crippen LogP contribution in [-0.4, -0.2) is 68.1 Å². The highest BCUT2D eigenvalue weighted by Crippen LogP contribution is 2.32. The Hall–Kier alpha value is -5.59. The van der Waals surface area contributed by atoms with Crippen LogP contribution in [0.15, 0.2) is 79.0 Å². The molecule has 0 saturated heterocycles. The summed E-state index contributed by atoms with van der Waals surface area (Å²) in [5, 5.41) is 16.7. The van der Waals surface area contributed by atoms with Gasteiger partial charge in [-0.25, -0.2) is 9.67 Å². The quantitative estimate of drug-likeness (QED) is 0.215. The molecule has 4 atom stereocenters. The minimum atomic E-state index is -1.02. The molecule has 2 bridgehead atoms. The highest BCUT2D eigenvalue weighted by Gasteiger charge is 2.31. The SMILES string of the molecule is CC(C)C[C@H]1COc2ccc(cc2)C[C@H](NC(=O)c2ccccn2)C(=O)N[C@H](C)C(=O)N[C@H](Cc2ccccc2)c2nc(CC3CC3)nn2CC(=O)N1. The van der Waals surface area contributed by atoms with Crippen molar-refractivity contribution in [3.05, 3.63) is 107 Å². The van der Waals surface area contributed by atoms with Crippen LogP contribution in [0.3, 0.4) is 0 Å². The number of hydrogen-bond donors (Lipinski definition) is 4. The van der Waals surface area contributed by atoms with E-state index in [2.05, 4.69) is 40.1 Å². The fourth-order valence-electron chi connectivity index (χ4n) is 6.42. The lowest BCUT2D eigenvalue weighted by atomic mass is 10.0. The van der Waals surface area contributed by atoms with E-state index in [4.69, 9.17) is 14.8 Å². The second kappa shape index (κ2) is 17.3. The topological polar surface area (TPSA) is 169 Å². The molecule has 53 heavy (non-hydrogen) atoms. The van der Waals surface area contributed by atoms with E-state index in [-0.39, 0.29) is 37.2 Å². The number of benzene rings is 2. The molecule has 4 N–H and O–H groups in total. The first-order valence-corrected chi connectivity index (χ1v) is 18.4. The van der Waals surface area contributed by atoms with Gasteiger partial charge in [0.1, 0.15) is 36.7 Å². The van der Waals surface area contributed by atoms with Gasteiger partial charge in [0, 0.05) is 19.0 Å². The monoisotopic (exact) mass is 720 g/mol. The number of ether oxygens (including phenoxy) is 1. The van der Waals surface area contributed by atoms with Gasteiger partial charge in [0.2, 0.25) is 17.7 Å². The molecule has 13 heteroatoms. The molecule has 2 aliphatic heterocycles. The van der Waals surface area contributed by atoms with Crippen LogP contribution in [0, 0.1) is 11.8 Å². The number of aromatic nitrogens is 4. The molecule has 4 heterocycles. The molecule has 278 valence electrons.